The van der Waals surface area contributed by atoms with Gasteiger partial charge in [0, 0.05) is 69.3 Å². The Kier molecular flexibility index (Phi) is 14.2. The number of carbonyl (C=O) groups excluding carboxylic acids is 1. The largest absolute Gasteiger partial charge is 0.512 e. The minimum absolute atomic E-state index is 0. The topological polar surface area (TPSA) is 100 Å². The van der Waals surface area contributed by atoms with E-state index in [1.807, 2.05) is 48.5 Å². The molecule has 14 aromatic rings. The third kappa shape index (κ3) is 9.91. The Morgan fingerprint density at radius 3 is 0.989 bits per heavy atom. The van der Waals surface area contributed by atoms with Crippen molar-refractivity contribution in [1.82, 2.24) is 9.97 Å². The molecule has 12 aromatic carbocycles. The van der Waals surface area contributed by atoms with E-state index in [0.717, 1.165) is 133 Å². The van der Waals surface area contributed by atoms with Crippen molar-refractivity contribution in [2.45, 2.75) is 13.8 Å². The van der Waals surface area contributed by atoms with E-state index in [9.17, 15) is 4.79 Å². The molecular weight excluding hydrogens is 1430 g/mol. The molecule has 0 amide bonds. The predicted octanol–water partition coefficient (Wildman–Crippen LogP) is 14.5. The number of benzene rings is 12. The zero-order chi connectivity index (χ0) is 56.9. The maximum atomic E-state index is 10.0. The van der Waals surface area contributed by atoms with E-state index in [2.05, 4.69) is 194 Å². The van der Waals surface area contributed by atoms with Crippen LogP contribution in [0, 0.1) is 12.1 Å². The number of ether oxygens (including phenoxy) is 4. The quantitative estimate of drug-likeness (QED) is 0.0808. The minimum Gasteiger partial charge on any atom is -0.512 e. The number of fused-ring (bicyclic) bond motifs is 14. The minimum atomic E-state index is -0.125. The van der Waals surface area contributed by atoms with Crippen molar-refractivity contribution < 1.29 is 69.1 Å². The molecule has 418 valence electrons. The summed E-state index contributed by atoms with van der Waals surface area (Å²) < 4.78 is 26.6. The number of nitrogens with zero attached hydrogens (tertiary/aromatic N) is 2. The van der Waals surface area contributed by atoms with Gasteiger partial charge in [-0.15, -0.1) is 23.3 Å². The fourth-order valence-electron chi connectivity index (χ4n) is 12.6. The van der Waals surface area contributed by atoms with Crippen LogP contribution in [0.3, 0.4) is 0 Å². The Balaban J connectivity index is 0.000000136. The van der Waals surface area contributed by atoms with Crippen LogP contribution in [-0.4, -0.2) is 34.3 Å². The summed E-state index contributed by atoms with van der Waals surface area (Å²) in [6.45, 7) is 2.80. The summed E-state index contributed by atoms with van der Waals surface area (Å²) >= 11 is 0. The summed E-state index contributed by atoms with van der Waals surface area (Å²) in [7, 11) is 0. The van der Waals surface area contributed by atoms with Gasteiger partial charge in [-0.2, -0.15) is 0 Å². The maximum absolute atomic E-state index is 10.0. The number of hydrogen-bond acceptors (Lipinski definition) is 8. The monoisotopic (exact) mass is 1480 g/mol. The van der Waals surface area contributed by atoms with Crippen molar-refractivity contribution >= 4 is 117 Å². The van der Waals surface area contributed by atoms with Crippen molar-refractivity contribution in [3.63, 3.8) is 0 Å². The van der Waals surface area contributed by atoms with Crippen molar-refractivity contribution in [1.29, 1.82) is 0 Å². The van der Waals surface area contributed by atoms with E-state index in [4.69, 9.17) is 34.0 Å². The molecule has 18 rings (SSSR count). The molecule has 0 unspecified atom stereocenters. The van der Waals surface area contributed by atoms with E-state index in [1.54, 1.807) is 0 Å². The number of aliphatic hydroxyl groups is 1. The first-order valence-electron chi connectivity index (χ1n) is 28.3. The second-order valence-electron chi connectivity index (χ2n) is 22.0. The molecule has 0 fully saturated rings. The van der Waals surface area contributed by atoms with Gasteiger partial charge in [0.2, 0.25) is 13.4 Å². The van der Waals surface area contributed by atoms with E-state index in [0.29, 0.717) is 11.5 Å². The van der Waals surface area contributed by atoms with Crippen molar-refractivity contribution in [2.75, 3.05) is 0 Å². The Labute approximate surface area is 528 Å². The van der Waals surface area contributed by atoms with Crippen molar-refractivity contribution in [3.05, 3.63) is 254 Å². The second-order valence-corrected chi connectivity index (χ2v) is 22.0. The fraction of sp³-hybridized carbons (Fsp3) is 0.0267. The van der Waals surface area contributed by atoms with Crippen LogP contribution in [0.4, 0.5) is 0 Å². The van der Waals surface area contributed by atoms with Crippen LogP contribution in [0.25, 0.3) is 87.4 Å². The number of hydrogen-bond donors (Lipinski definition) is 1. The Morgan fingerprint density at radius 2 is 0.678 bits per heavy atom. The number of pyridine rings is 2. The first-order chi connectivity index (χ1) is 41.7. The zero-order valence-corrected chi connectivity index (χ0v) is 51.5. The summed E-state index contributed by atoms with van der Waals surface area (Å²) in [6, 6.07) is 87.3. The summed E-state index contributed by atoms with van der Waals surface area (Å²) in [5, 5.41) is 20.0. The third-order valence-corrected chi connectivity index (χ3v) is 16.4. The number of ketones is 1. The molecule has 8 nitrogen and oxygen atoms in total. The molecule has 0 aliphatic carbocycles. The van der Waals surface area contributed by atoms with Gasteiger partial charge in [-0.05, 0) is 137 Å². The Bertz CT molecular complexity index is 4670. The van der Waals surface area contributed by atoms with Gasteiger partial charge in [0.25, 0.3) is 0 Å². The number of para-hydroxylation sites is 2. The van der Waals surface area contributed by atoms with Crippen molar-refractivity contribution in [3.8, 4) is 68.5 Å². The fourth-order valence-corrected chi connectivity index (χ4v) is 12.6. The van der Waals surface area contributed by atoms with Gasteiger partial charge in [-0.3, -0.25) is 14.8 Å². The molecule has 87 heavy (non-hydrogen) atoms. The molecule has 6 heterocycles. The van der Waals surface area contributed by atoms with Crippen LogP contribution in [0.5, 0.6) is 46.0 Å². The first-order valence-corrected chi connectivity index (χ1v) is 28.3. The number of aromatic nitrogens is 2. The standard InChI is InChI=1S/2C35H19BNO2.C5H8O2.2Ir/c2*1-3-10-24-17-31-27(15-22(24)8-1)36-28-16-23-9-2-4-11-25(23)18-32(28)39-34-20-26(19-33(38-31)35(34)36)30-14-13-21-7-5-6-12-29(21)37-30;1-4(6)3-5(2)7;;/h2*1-19H;3,6H,1-2H3;;/q2*-1;;;. The number of aliphatic hydroxyl groups excluding tert-OH is 1. The van der Waals surface area contributed by atoms with Gasteiger partial charge in [0.05, 0.1) is 16.8 Å². The summed E-state index contributed by atoms with van der Waals surface area (Å²) in [4.78, 5) is 19.9. The molecule has 0 atom stereocenters. The maximum Gasteiger partial charge on any atom is 0.208 e. The average molecular weight is 1480 g/mol. The molecule has 2 radical (unpaired) electrons. The van der Waals surface area contributed by atoms with E-state index in [-0.39, 0.29) is 65.2 Å². The first kappa shape index (κ1) is 55.2. The van der Waals surface area contributed by atoms with Crippen LogP contribution in [0.2, 0.25) is 0 Å². The molecular formula is C75H46B2Ir2N2O6-2. The van der Waals surface area contributed by atoms with E-state index >= 15 is 0 Å². The van der Waals surface area contributed by atoms with Crippen LogP contribution >= 0.6 is 0 Å². The molecule has 2 aromatic heterocycles. The van der Waals surface area contributed by atoms with E-state index in [1.165, 1.54) is 41.5 Å². The third-order valence-electron chi connectivity index (χ3n) is 16.4. The smallest absolute Gasteiger partial charge is 0.208 e. The molecule has 0 bridgehead atoms. The Hall–Kier alpha value is -9.66. The zero-order valence-electron chi connectivity index (χ0n) is 46.7. The predicted molar refractivity (Wildman–Crippen MR) is 344 cm³/mol. The normalized spacial score (nSPS) is 12.6. The van der Waals surface area contributed by atoms with Gasteiger partial charge < -0.3 is 24.1 Å². The molecule has 12 heteroatoms. The van der Waals surface area contributed by atoms with Crippen LogP contribution in [-0.2, 0) is 45.0 Å². The second kappa shape index (κ2) is 22.3. The Morgan fingerprint density at radius 1 is 0.379 bits per heavy atom. The SMILES string of the molecule is CC(=O)C=C(C)O.[Ir].[Ir].[c-]1c(-c2ccc3ccccc3n2)cc2c3c1Oc1cc4ccccc4cc1B3c1cc3ccccc3cc1O2.[c-]1c(-c2ccc3ccccc3n2)cc2c3c1Oc1cc4ccccc4cc1B3c1cc3ccccc3cc1O2. The van der Waals surface area contributed by atoms with Gasteiger partial charge in [0.1, 0.15) is 23.0 Å². The van der Waals surface area contributed by atoms with Gasteiger partial charge in [0.15, 0.2) is 5.78 Å². The molecule has 1 N–H and O–H groups in total. The van der Waals surface area contributed by atoms with Gasteiger partial charge in [-0.1, -0.05) is 205 Å². The van der Waals surface area contributed by atoms with Crippen LogP contribution < -0.4 is 51.7 Å². The molecule has 0 saturated heterocycles. The van der Waals surface area contributed by atoms with Gasteiger partial charge in [-0.25, -0.2) is 0 Å². The van der Waals surface area contributed by atoms with Crippen LogP contribution in [0.15, 0.2) is 242 Å². The van der Waals surface area contributed by atoms with Crippen LogP contribution in [0.1, 0.15) is 13.8 Å². The number of rotatable bonds is 3. The molecule has 0 spiro atoms. The summed E-state index contributed by atoms with van der Waals surface area (Å²) in [6.07, 6.45) is 1.17. The molecule has 4 aliphatic rings. The summed E-state index contributed by atoms with van der Waals surface area (Å²) in [5.41, 5.74) is 11.9. The molecule has 0 saturated carbocycles. The van der Waals surface area contributed by atoms with Crippen molar-refractivity contribution in [2.24, 2.45) is 0 Å². The number of allylic oxidation sites excluding steroid dienone is 2. The number of carbonyl (C=O) groups is 1. The molecule has 4 aliphatic heterocycles. The van der Waals surface area contributed by atoms with E-state index < -0.39 is 0 Å². The average Bonchev–Trinajstić information content (AvgIpc) is 0.792. The summed E-state index contributed by atoms with van der Waals surface area (Å²) in [5.74, 6) is 6.39. The van der Waals surface area contributed by atoms with Gasteiger partial charge >= 0.3 is 0 Å².